The van der Waals surface area contributed by atoms with Crippen LogP contribution in [0.3, 0.4) is 0 Å². The molecule has 0 aliphatic carbocycles. The molecule has 0 saturated heterocycles. The quantitative estimate of drug-likeness (QED) is 0.456. The number of aromatic nitrogens is 4. The highest BCUT2D eigenvalue weighted by Gasteiger charge is 2.19. The smallest absolute Gasteiger partial charge is 0.269 e. The molecule has 2 aromatic heterocycles. The molecule has 1 amide bonds. The Balaban J connectivity index is 1.92. The Morgan fingerprint density at radius 2 is 1.80 bits per heavy atom. The minimum Gasteiger partial charge on any atom is -0.494 e. The number of aryl methyl sites for hydroxylation is 1. The van der Waals surface area contributed by atoms with Crippen LogP contribution in [0.15, 0.2) is 48.5 Å². The van der Waals surface area contributed by atoms with Gasteiger partial charge in [0.05, 0.1) is 6.61 Å². The molecule has 2 heterocycles. The normalized spacial score (nSPS) is 11.0. The van der Waals surface area contributed by atoms with Gasteiger partial charge in [-0.15, -0.1) is 0 Å². The molecule has 2 aromatic carbocycles. The molecule has 0 fully saturated rings. The minimum atomic E-state index is -0.653. The van der Waals surface area contributed by atoms with Gasteiger partial charge in [-0.2, -0.15) is 0 Å². The van der Waals surface area contributed by atoms with Crippen molar-refractivity contribution in [2.75, 3.05) is 6.61 Å². The van der Waals surface area contributed by atoms with Gasteiger partial charge in [0.1, 0.15) is 11.3 Å². The fourth-order valence-electron chi connectivity index (χ4n) is 3.28. The third-order valence-corrected chi connectivity index (χ3v) is 5.08. The molecule has 30 heavy (non-hydrogen) atoms. The number of hydrogen-bond donors (Lipinski definition) is 2. The number of aromatic amines is 1. The molecular formula is C22H21N5O2S. The number of fused-ring (bicyclic) bond motifs is 1. The van der Waals surface area contributed by atoms with E-state index in [2.05, 4.69) is 16.9 Å². The fraction of sp³-hybridized carbons (Fsp3) is 0.182. The molecule has 0 spiro atoms. The molecule has 4 rings (SSSR count). The first-order valence-electron chi connectivity index (χ1n) is 9.67. The first kappa shape index (κ1) is 19.8. The number of benzene rings is 2. The number of nitrogens with one attached hydrogen (secondary N) is 1. The van der Waals surface area contributed by atoms with E-state index in [0.29, 0.717) is 28.4 Å². The molecule has 4 aromatic rings. The van der Waals surface area contributed by atoms with Crippen molar-refractivity contribution in [1.29, 1.82) is 0 Å². The first-order valence-corrected chi connectivity index (χ1v) is 10.1. The Hall–Kier alpha value is -3.52. The van der Waals surface area contributed by atoms with Crippen molar-refractivity contribution in [1.82, 2.24) is 19.5 Å². The van der Waals surface area contributed by atoms with Crippen LogP contribution in [0.25, 0.3) is 28.2 Å². The molecule has 0 bridgehead atoms. The number of ether oxygens (including phenoxy) is 1. The Morgan fingerprint density at radius 3 is 2.40 bits per heavy atom. The second-order valence-corrected chi connectivity index (χ2v) is 7.09. The maximum Gasteiger partial charge on any atom is 0.269 e. The largest absolute Gasteiger partial charge is 0.494 e. The third-order valence-electron chi connectivity index (χ3n) is 4.80. The summed E-state index contributed by atoms with van der Waals surface area (Å²) < 4.78 is 7.69. The monoisotopic (exact) mass is 419 g/mol. The molecule has 7 nitrogen and oxygen atoms in total. The average Bonchev–Trinajstić information content (AvgIpc) is 3.09. The summed E-state index contributed by atoms with van der Waals surface area (Å²) in [4.78, 5) is 24.3. The number of primary amides is 1. The van der Waals surface area contributed by atoms with Gasteiger partial charge in [0, 0.05) is 11.3 Å². The van der Waals surface area contributed by atoms with E-state index < -0.39 is 5.91 Å². The molecule has 0 radical (unpaired) electrons. The van der Waals surface area contributed by atoms with E-state index in [1.807, 2.05) is 55.5 Å². The number of carbonyl (C=O) groups is 1. The van der Waals surface area contributed by atoms with E-state index in [9.17, 15) is 4.79 Å². The lowest BCUT2D eigenvalue weighted by Crippen LogP contribution is -2.15. The maximum atomic E-state index is 12.1. The van der Waals surface area contributed by atoms with Crippen LogP contribution in [0.1, 0.15) is 29.9 Å². The molecule has 0 unspecified atom stereocenters. The number of imidazole rings is 1. The summed E-state index contributed by atoms with van der Waals surface area (Å²) in [5, 5.41) is 0. The Morgan fingerprint density at radius 1 is 1.10 bits per heavy atom. The fourth-order valence-corrected chi connectivity index (χ4v) is 3.57. The van der Waals surface area contributed by atoms with Crippen molar-refractivity contribution >= 4 is 29.3 Å². The SMILES string of the molecule is CCOc1ccc(-c2nc(C(N)=O)c3[nH]c(=S)n(-c4ccc(CC)cc4)c3n2)cc1. The molecule has 0 aliphatic rings. The van der Waals surface area contributed by atoms with E-state index in [4.69, 9.17) is 27.7 Å². The van der Waals surface area contributed by atoms with Gasteiger partial charge in [0.2, 0.25) is 0 Å². The standard InChI is InChI=1S/C22H21N5O2S/c1-3-13-5-9-15(10-6-13)27-21-18(25-22(27)30)17(19(23)28)24-20(26-21)14-7-11-16(12-8-14)29-4-2/h5-12H,3-4H2,1-2H3,(H2,23,28)(H,25,30). The zero-order chi connectivity index (χ0) is 21.3. The zero-order valence-electron chi connectivity index (χ0n) is 16.7. The lowest BCUT2D eigenvalue weighted by Gasteiger charge is -2.08. The minimum absolute atomic E-state index is 0.0962. The third kappa shape index (κ3) is 3.57. The number of nitrogens with zero attached hydrogens (tertiary/aromatic N) is 3. The van der Waals surface area contributed by atoms with Crippen molar-refractivity contribution < 1.29 is 9.53 Å². The lowest BCUT2D eigenvalue weighted by atomic mass is 10.1. The molecule has 0 atom stereocenters. The van der Waals surface area contributed by atoms with Gasteiger partial charge < -0.3 is 15.5 Å². The van der Waals surface area contributed by atoms with Gasteiger partial charge in [-0.25, -0.2) is 9.97 Å². The molecule has 8 heteroatoms. The Bertz CT molecular complexity index is 1270. The van der Waals surface area contributed by atoms with Crippen LogP contribution in [0.5, 0.6) is 5.75 Å². The predicted molar refractivity (Wildman–Crippen MR) is 119 cm³/mol. The van der Waals surface area contributed by atoms with Crippen LogP contribution in [0.4, 0.5) is 0 Å². The Labute approximate surface area is 178 Å². The average molecular weight is 420 g/mol. The van der Waals surface area contributed by atoms with Gasteiger partial charge in [-0.05, 0) is 67.5 Å². The van der Waals surface area contributed by atoms with Crippen LogP contribution in [0, 0.1) is 4.77 Å². The van der Waals surface area contributed by atoms with Crippen molar-refractivity contribution in [3.05, 3.63) is 64.6 Å². The number of H-pyrrole nitrogens is 1. The second-order valence-electron chi connectivity index (χ2n) is 6.70. The maximum absolute atomic E-state index is 12.1. The van der Waals surface area contributed by atoms with Gasteiger partial charge in [0.25, 0.3) is 5.91 Å². The van der Waals surface area contributed by atoms with Gasteiger partial charge in [-0.3, -0.25) is 9.36 Å². The molecule has 0 aliphatic heterocycles. The molecular weight excluding hydrogens is 398 g/mol. The summed E-state index contributed by atoms with van der Waals surface area (Å²) in [7, 11) is 0. The van der Waals surface area contributed by atoms with Gasteiger partial charge in [-0.1, -0.05) is 19.1 Å². The number of rotatable bonds is 6. The van der Waals surface area contributed by atoms with Gasteiger partial charge in [0.15, 0.2) is 21.9 Å². The van der Waals surface area contributed by atoms with Crippen molar-refractivity contribution in [3.8, 4) is 22.8 Å². The number of hydrogen-bond acceptors (Lipinski definition) is 5. The Kier molecular flexibility index (Phi) is 5.33. The van der Waals surface area contributed by atoms with E-state index in [-0.39, 0.29) is 5.69 Å². The number of carbonyl (C=O) groups excluding carboxylic acids is 1. The topological polar surface area (TPSA) is 98.8 Å². The lowest BCUT2D eigenvalue weighted by molar-refractivity contribution is 0.0997. The predicted octanol–water partition coefficient (Wildman–Crippen LogP) is 4.21. The van der Waals surface area contributed by atoms with E-state index in [1.54, 1.807) is 4.57 Å². The van der Waals surface area contributed by atoms with Crippen molar-refractivity contribution in [2.45, 2.75) is 20.3 Å². The van der Waals surface area contributed by atoms with Crippen LogP contribution < -0.4 is 10.5 Å². The molecule has 0 saturated carbocycles. The summed E-state index contributed by atoms with van der Waals surface area (Å²) in [6, 6.07) is 15.4. The van der Waals surface area contributed by atoms with Crippen LogP contribution >= 0.6 is 12.2 Å². The van der Waals surface area contributed by atoms with Crippen LogP contribution in [0.2, 0.25) is 0 Å². The van der Waals surface area contributed by atoms with E-state index in [1.165, 1.54) is 5.56 Å². The second kappa shape index (κ2) is 8.08. The summed E-state index contributed by atoms with van der Waals surface area (Å²) >= 11 is 5.52. The highest BCUT2D eigenvalue weighted by molar-refractivity contribution is 7.71. The van der Waals surface area contributed by atoms with Crippen molar-refractivity contribution in [3.63, 3.8) is 0 Å². The van der Waals surface area contributed by atoms with Crippen molar-refractivity contribution in [2.24, 2.45) is 5.73 Å². The van der Waals surface area contributed by atoms with E-state index in [0.717, 1.165) is 23.4 Å². The number of nitrogens with two attached hydrogens (primary N) is 1. The molecule has 3 N–H and O–H groups in total. The van der Waals surface area contributed by atoms with E-state index >= 15 is 0 Å². The number of amides is 1. The van der Waals surface area contributed by atoms with Gasteiger partial charge >= 0.3 is 0 Å². The highest BCUT2D eigenvalue weighted by Crippen LogP contribution is 2.25. The molecule has 152 valence electrons. The van der Waals surface area contributed by atoms with Crippen LogP contribution in [-0.4, -0.2) is 32.0 Å². The first-order chi connectivity index (χ1) is 14.5. The zero-order valence-corrected chi connectivity index (χ0v) is 17.5. The summed E-state index contributed by atoms with van der Waals surface area (Å²) in [6.45, 7) is 4.60. The summed E-state index contributed by atoms with van der Waals surface area (Å²) in [5.74, 6) is 0.476. The summed E-state index contributed by atoms with van der Waals surface area (Å²) in [6.07, 6.45) is 0.940. The summed E-state index contributed by atoms with van der Waals surface area (Å²) in [5.41, 5.74) is 9.42. The van der Waals surface area contributed by atoms with Crippen LogP contribution in [-0.2, 0) is 6.42 Å². The highest BCUT2D eigenvalue weighted by atomic mass is 32.1.